The molecule has 2 aromatic rings. The van der Waals surface area contributed by atoms with Gasteiger partial charge in [-0.2, -0.15) is 0 Å². The number of epoxide rings is 1. The zero-order chi connectivity index (χ0) is 51.2. The van der Waals surface area contributed by atoms with Gasteiger partial charge in [0.2, 0.25) is 17.7 Å². The minimum absolute atomic E-state index is 0.0175. The largest absolute Gasteiger partial charge is 0.495 e. The summed E-state index contributed by atoms with van der Waals surface area (Å²) in [4.78, 5) is 105. The van der Waals surface area contributed by atoms with Crippen molar-refractivity contribution in [2.45, 2.75) is 157 Å². The van der Waals surface area contributed by atoms with Crippen LogP contribution in [-0.4, -0.2) is 91.1 Å². The Labute approximate surface area is 411 Å². The summed E-state index contributed by atoms with van der Waals surface area (Å²) in [5.41, 5.74) is 1.19. The molecular formula is C53H72ClN3O12. The van der Waals surface area contributed by atoms with Crippen molar-refractivity contribution < 1.29 is 57.3 Å². The van der Waals surface area contributed by atoms with Gasteiger partial charge in [0.05, 0.1) is 29.7 Å². The first-order valence-electron chi connectivity index (χ1n) is 24.1. The van der Waals surface area contributed by atoms with E-state index in [0.29, 0.717) is 35.6 Å². The molecule has 8 atom stereocenters. The molecule has 3 N–H and O–H groups in total. The van der Waals surface area contributed by atoms with Gasteiger partial charge < -0.3 is 39.7 Å². The molecule has 2 aliphatic heterocycles. The number of Topliss-reactive ketones (excluding diaryl/α,β-unsaturated/α-hetero) is 3. The van der Waals surface area contributed by atoms with Crippen molar-refractivity contribution in [3.8, 4) is 5.75 Å². The third-order valence-electron chi connectivity index (χ3n) is 12.7. The second kappa shape index (κ2) is 26.0. The molecule has 0 aliphatic carbocycles. The molecule has 4 rings (SSSR count). The third-order valence-corrected chi connectivity index (χ3v) is 13.0. The number of hydrogen-bond donors (Lipinski definition) is 3. The van der Waals surface area contributed by atoms with Crippen LogP contribution in [0, 0.1) is 29.1 Å². The number of amides is 3. The lowest BCUT2D eigenvalue weighted by molar-refractivity contribution is -0.179. The minimum Gasteiger partial charge on any atom is -0.495 e. The van der Waals surface area contributed by atoms with Gasteiger partial charge >= 0.3 is 11.9 Å². The summed E-state index contributed by atoms with van der Waals surface area (Å²) in [6, 6.07) is 11.0. The number of nitrogens with one attached hydrogen (secondary N) is 3. The van der Waals surface area contributed by atoms with E-state index >= 15 is 0 Å². The molecule has 16 heteroatoms. The number of carbonyl (C=O) groups is 8. The van der Waals surface area contributed by atoms with Crippen LogP contribution in [0.1, 0.15) is 130 Å². The first kappa shape index (κ1) is 56.2. The average molecular weight is 979 g/mol. The Morgan fingerprint density at radius 2 is 1.59 bits per heavy atom. The number of esters is 2. The van der Waals surface area contributed by atoms with E-state index in [0.717, 1.165) is 11.1 Å². The Kier molecular flexibility index (Phi) is 21.2. The first-order valence-corrected chi connectivity index (χ1v) is 24.4. The van der Waals surface area contributed by atoms with E-state index < -0.39 is 59.4 Å². The maximum Gasteiger partial charge on any atom is 0.347 e. The third kappa shape index (κ3) is 17.5. The second-order valence-corrected chi connectivity index (χ2v) is 20.3. The highest BCUT2D eigenvalue weighted by molar-refractivity contribution is 6.32. The Bertz CT molecular complexity index is 2190. The molecule has 2 aliphatic rings. The van der Waals surface area contributed by atoms with Crippen molar-refractivity contribution in [2.24, 2.45) is 29.1 Å². The number of carbonyl (C=O) groups excluding carboxylic acids is 8. The van der Waals surface area contributed by atoms with Crippen molar-refractivity contribution in [3.05, 3.63) is 76.3 Å². The molecule has 0 radical (unpaired) electrons. The van der Waals surface area contributed by atoms with E-state index in [-0.39, 0.29) is 98.3 Å². The van der Waals surface area contributed by atoms with E-state index in [9.17, 15) is 38.4 Å². The van der Waals surface area contributed by atoms with Gasteiger partial charge in [-0.15, -0.1) is 0 Å². The number of ether oxygens (including phenoxy) is 4. The topological polar surface area (TPSA) is 213 Å². The van der Waals surface area contributed by atoms with Crippen LogP contribution in [0.15, 0.2) is 54.6 Å². The molecule has 0 aromatic heterocycles. The molecule has 15 nitrogen and oxygen atoms in total. The Morgan fingerprint density at radius 1 is 0.913 bits per heavy atom. The highest BCUT2D eigenvalue weighted by Gasteiger charge is 2.48. The van der Waals surface area contributed by atoms with Crippen LogP contribution in [0.4, 0.5) is 0 Å². The molecule has 0 unspecified atom stereocenters. The number of cyclic esters (lactones) is 2. The second-order valence-electron chi connectivity index (χ2n) is 19.9. The summed E-state index contributed by atoms with van der Waals surface area (Å²) >= 11 is 6.37. The van der Waals surface area contributed by atoms with E-state index in [1.54, 1.807) is 45.0 Å². The summed E-state index contributed by atoms with van der Waals surface area (Å²) in [7, 11) is 1.49. The number of halogens is 1. The number of ketones is 3. The van der Waals surface area contributed by atoms with E-state index in [4.69, 9.17) is 30.5 Å². The van der Waals surface area contributed by atoms with Crippen LogP contribution in [0.5, 0.6) is 5.75 Å². The van der Waals surface area contributed by atoms with Crippen molar-refractivity contribution in [1.82, 2.24) is 16.0 Å². The van der Waals surface area contributed by atoms with Crippen LogP contribution < -0.4 is 20.7 Å². The Balaban J connectivity index is 1.43. The maximum atomic E-state index is 13.9. The van der Waals surface area contributed by atoms with Crippen LogP contribution in [0.25, 0.3) is 0 Å². The Hall–Kier alpha value is -5.41. The number of hydrogen-bond acceptors (Lipinski definition) is 12. The first-order chi connectivity index (χ1) is 32.5. The molecule has 0 bridgehead atoms. The quantitative estimate of drug-likeness (QED) is 0.0843. The number of methoxy groups -OCH3 is 1. The summed E-state index contributed by atoms with van der Waals surface area (Å²) < 4.78 is 23.4. The number of benzene rings is 2. The van der Waals surface area contributed by atoms with Gasteiger partial charge in [-0.05, 0) is 93.7 Å². The van der Waals surface area contributed by atoms with Crippen molar-refractivity contribution in [2.75, 3.05) is 13.7 Å². The summed E-state index contributed by atoms with van der Waals surface area (Å²) in [5, 5.41) is 8.69. The molecule has 378 valence electrons. The average Bonchev–Trinajstić information content (AvgIpc) is 4.09. The molecular weight excluding hydrogens is 906 g/mol. The summed E-state index contributed by atoms with van der Waals surface area (Å²) in [5.74, 6) is -3.73. The standard InChI is InChI=1S/C53H72ClN3O12/c1-30(2)25-45-51(64)67-43(15-12-16-46(61)57-41(27-36-20-24-44(66-10)40(54)26-36)50(63)55-29-53(8,9)52(65)68-45)33(6)47-48(69-47)37-21-17-35(18-22-37)19-23-42(60)34(7)56-49(62)39(31(3)4)28-38(59)14-11-13-32(5)58/h12,16-18,20-22,24,26,30-31,33-34,39,41,43,45,47-48H,11,13-15,19,23,25,27-29H2,1-10H3,(H,55,63)(H,56,62)(H,57,61)/b16-12+/t33-,34-,39-,41+,43-,45-,47+,48+/m0/s1. The van der Waals surface area contributed by atoms with Crippen molar-refractivity contribution >= 4 is 58.6 Å². The van der Waals surface area contributed by atoms with Gasteiger partial charge in [0.1, 0.15) is 35.6 Å². The van der Waals surface area contributed by atoms with Crippen molar-refractivity contribution in [1.29, 1.82) is 0 Å². The van der Waals surface area contributed by atoms with Crippen molar-refractivity contribution in [3.63, 3.8) is 0 Å². The lowest BCUT2D eigenvalue weighted by Crippen LogP contribution is -2.51. The molecule has 69 heavy (non-hydrogen) atoms. The monoisotopic (exact) mass is 977 g/mol. The Morgan fingerprint density at radius 3 is 2.22 bits per heavy atom. The zero-order valence-corrected chi connectivity index (χ0v) is 42.6. The highest BCUT2D eigenvalue weighted by Crippen LogP contribution is 2.45. The van der Waals surface area contributed by atoms with E-state index in [1.165, 1.54) is 20.1 Å². The van der Waals surface area contributed by atoms with Crippen LogP contribution in [-0.2, 0) is 65.4 Å². The molecule has 1 saturated heterocycles. The highest BCUT2D eigenvalue weighted by atomic mass is 35.5. The fourth-order valence-electron chi connectivity index (χ4n) is 8.09. The van der Waals surface area contributed by atoms with Crippen LogP contribution in [0.3, 0.4) is 0 Å². The normalized spacial score (nSPS) is 22.8. The predicted octanol–water partition coefficient (Wildman–Crippen LogP) is 7.12. The van der Waals surface area contributed by atoms with E-state index in [1.807, 2.05) is 58.9 Å². The fraction of sp³-hybridized carbons (Fsp3) is 0.585. The van der Waals surface area contributed by atoms with E-state index in [2.05, 4.69) is 16.0 Å². The zero-order valence-electron chi connectivity index (χ0n) is 41.8. The van der Waals surface area contributed by atoms with Gasteiger partial charge in [0.15, 0.2) is 11.9 Å². The van der Waals surface area contributed by atoms with Gasteiger partial charge in [0.25, 0.3) is 0 Å². The number of aryl methyl sites for hydroxylation is 1. The maximum absolute atomic E-state index is 13.9. The van der Waals surface area contributed by atoms with Gasteiger partial charge in [0, 0.05) is 56.9 Å². The smallest absolute Gasteiger partial charge is 0.347 e. The molecule has 2 heterocycles. The summed E-state index contributed by atoms with van der Waals surface area (Å²) in [6.45, 7) is 15.6. The molecule has 0 spiro atoms. The lowest BCUT2D eigenvalue weighted by Gasteiger charge is -2.29. The lowest BCUT2D eigenvalue weighted by atomic mass is 9.88. The molecule has 3 amide bonds. The molecule has 0 saturated carbocycles. The summed E-state index contributed by atoms with van der Waals surface area (Å²) in [6.07, 6.45) is 2.23. The fourth-order valence-corrected chi connectivity index (χ4v) is 8.37. The van der Waals surface area contributed by atoms with Crippen LogP contribution >= 0.6 is 11.6 Å². The van der Waals surface area contributed by atoms with Crippen LogP contribution in [0.2, 0.25) is 5.02 Å². The minimum atomic E-state index is -1.26. The predicted molar refractivity (Wildman–Crippen MR) is 260 cm³/mol. The SMILES string of the molecule is COc1ccc(C[C@H]2NC(=O)/C=C/C[C@@H]([C@H](C)[C@H]3O[C@@H]3c3ccc(CCC(=O)[C@H](C)NC(=O)[C@@H](CC(=O)CCCC(C)=O)C(C)C)cc3)OC(=O)[C@H](CC(C)C)OC(=O)C(C)(C)CNC2=O)cc1Cl. The van der Waals surface area contributed by atoms with Gasteiger partial charge in [-0.3, -0.25) is 28.8 Å². The number of rotatable bonds is 21. The molecule has 2 aromatic carbocycles. The molecule has 1 fully saturated rings. The van der Waals surface area contributed by atoms with Gasteiger partial charge in [-0.25, -0.2) is 4.79 Å². The van der Waals surface area contributed by atoms with Gasteiger partial charge in [-0.1, -0.05) is 82.6 Å².